The molecule has 1 saturated carbocycles. The van der Waals surface area contributed by atoms with E-state index in [1.54, 1.807) is 0 Å². The Bertz CT molecular complexity index is 545. The number of nitrogens with two attached hydrogens (primary N) is 1. The van der Waals surface area contributed by atoms with Crippen LogP contribution in [0.25, 0.3) is 11.4 Å². The lowest BCUT2D eigenvalue weighted by molar-refractivity contribution is 0.341. The van der Waals surface area contributed by atoms with Crippen LogP contribution in [0, 0.1) is 0 Å². The van der Waals surface area contributed by atoms with Gasteiger partial charge in [0.15, 0.2) is 0 Å². The minimum atomic E-state index is 0. The van der Waals surface area contributed by atoms with Gasteiger partial charge in [0.2, 0.25) is 11.7 Å². The summed E-state index contributed by atoms with van der Waals surface area (Å²) in [7, 11) is 0. The van der Waals surface area contributed by atoms with Gasteiger partial charge in [0, 0.05) is 18.0 Å². The standard InChI is InChI=1S/C16H21N3O.ClH/c17-11-12-7-9-13(10-8-12)15-18-16(20-19-15)14-5-3-1-2-4-6-14;/h7-10,14H,1-6,11,17H2;1H. The van der Waals surface area contributed by atoms with Gasteiger partial charge in [0.1, 0.15) is 0 Å². The molecule has 1 heterocycles. The van der Waals surface area contributed by atoms with Gasteiger partial charge in [-0.25, -0.2) is 0 Å². The average molecular weight is 308 g/mol. The lowest BCUT2D eigenvalue weighted by Gasteiger charge is -2.06. The number of hydrogen-bond acceptors (Lipinski definition) is 4. The summed E-state index contributed by atoms with van der Waals surface area (Å²) >= 11 is 0. The molecule has 1 fully saturated rings. The average Bonchev–Trinajstić information content (AvgIpc) is 2.83. The molecule has 0 unspecified atom stereocenters. The summed E-state index contributed by atoms with van der Waals surface area (Å²) in [6.07, 6.45) is 7.55. The van der Waals surface area contributed by atoms with Crippen LogP contribution in [0.1, 0.15) is 55.9 Å². The van der Waals surface area contributed by atoms with Gasteiger partial charge >= 0.3 is 0 Å². The van der Waals surface area contributed by atoms with Crippen LogP contribution in [0.3, 0.4) is 0 Å². The minimum Gasteiger partial charge on any atom is -0.339 e. The molecule has 5 heteroatoms. The minimum absolute atomic E-state index is 0. The third kappa shape index (κ3) is 3.83. The number of hydrogen-bond donors (Lipinski definition) is 1. The van der Waals surface area contributed by atoms with Gasteiger partial charge in [-0.3, -0.25) is 0 Å². The van der Waals surface area contributed by atoms with Gasteiger partial charge in [-0.2, -0.15) is 4.98 Å². The molecular weight excluding hydrogens is 286 g/mol. The first-order chi connectivity index (χ1) is 9.86. The zero-order chi connectivity index (χ0) is 13.8. The smallest absolute Gasteiger partial charge is 0.230 e. The van der Waals surface area contributed by atoms with Crippen molar-refractivity contribution in [3.05, 3.63) is 35.7 Å². The summed E-state index contributed by atoms with van der Waals surface area (Å²) < 4.78 is 5.48. The Labute approximate surface area is 131 Å². The van der Waals surface area contributed by atoms with Crippen LogP contribution in [0.4, 0.5) is 0 Å². The van der Waals surface area contributed by atoms with Crippen molar-refractivity contribution in [3.8, 4) is 11.4 Å². The molecule has 1 aromatic heterocycles. The van der Waals surface area contributed by atoms with E-state index in [1.807, 2.05) is 24.3 Å². The molecular formula is C16H22ClN3O. The molecule has 0 bridgehead atoms. The first kappa shape index (κ1) is 16.0. The van der Waals surface area contributed by atoms with Crippen LogP contribution in [-0.2, 0) is 6.54 Å². The Hall–Kier alpha value is -1.39. The summed E-state index contributed by atoms with van der Waals surface area (Å²) in [5.74, 6) is 1.94. The van der Waals surface area contributed by atoms with Crippen molar-refractivity contribution < 1.29 is 4.52 Å². The van der Waals surface area contributed by atoms with E-state index in [2.05, 4.69) is 10.1 Å². The van der Waals surface area contributed by atoms with E-state index in [0.717, 1.165) is 17.0 Å². The molecule has 1 aliphatic rings. The van der Waals surface area contributed by atoms with Crippen molar-refractivity contribution in [1.29, 1.82) is 0 Å². The van der Waals surface area contributed by atoms with Crippen molar-refractivity contribution in [2.75, 3.05) is 0 Å². The van der Waals surface area contributed by atoms with Gasteiger partial charge in [-0.15, -0.1) is 12.4 Å². The molecule has 114 valence electrons. The normalized spacial score (nSPS) is 16.2. The molecule has 1 aromatic carbocycles. The molecule has 0 amide bonds. The summed E-state index contributed by atoms with van der Waals surface area (Å²) in [6, 6.07) is 8.03. The van der Waals surface area contributed by atoms with Crippen LogP contribution < -0.4 is 5.73 Å². The zero-order valence-electron chi connectivity index (χ0n) is 12.1. The molecule has 0 aliphatic heterocycles. The summed E-state index contributed by atoms with van der Waals surface area (Å²) in [5, 5.41) is 4.13. The molecule has 0 spiro atoms. The van der Waals surface area contributed by atoms with Crippen molar-refractivity contribution >= 4 is 12.4 Å². The topological polar surface area (TPSA) is 64.9 Å². The second-order valence-corrected chi connectivity index (χ2v) is 5.55. The molecule has 1 aliphatic carbocycles. The largest absolute Gasteiger partial charge is 0.339 e. The monoisotopic (exact) mass is 307 g/mol. The molecule has 2 N–H and O–H groups in total. The van der Waals surface area contributed by atoms with Gasteiger partial charge in [0.25, 0.3) is 0 Å². The van der Waals surface area contributed by atoms with E-state index < -0.39 is 0 Å². The fourth-order valence-corrected chi connectivity index (χ4v) is 2.83. The van der Waals surface area contributed by atoms with E-state index in [1.165, 1.54) is 38.5 Å². The molecule has 0 radical (unpaired) electrons. The van der Waals surface area contributed by atoms with Crippen molar-refractivity contribution in [2.45, 2.75) is 51.0 Å². The highest BCUT2D eigenvalue weighted by atomic mass is 35.5. The van der Waals surface area contributed by atoms with Crippen LogP contribution >= 0.6 is 12.4 Å². The second-order valence-electron chi connectivity index (χ2n) is 5.55. The van der Waals surface area contributed by atoms with Crippen LogP contribution in [0.15, 0.2) is 28.8 Å². The fourth-order valence-electron chi connectivity index (χ4n) is 2.83. The number of halogens is 1. The fraction of sp³-hybridized carbons (Fsp3) is 0.500. The Kier molecular flexibility index (Phi) is 5.76. The lowest BCUT2D eigenvalue weighted by atomic mass is 10.0. The Balaban J connectivity index is 0.00000161. The van der Waals surface area contributed by atoms with Crippen molar-refractivity contribution in [2.24, 2.45) is 5.73 Å². The lowest BCUT2D eigenvalue weighted by Crippen LogP contribution is -1.97. The Morgan fingerprint density at radius 1 is 1.05 bits per heavy atom. The summed E-state index contributed by atoms with van der Waals surface area (Å²) in [5.41, 5.74) is 7.71. The molecule has 2 aromatic rings. The molecule has 3 rings (SSSR count). The third-order valence-electron chi connectivity index (χ3n) is 4.09. The van der Waals surface area contributed by atoms with Crippen LogP contribution in [0.5, 0.6) is 0 Å². The molecule has 0 saturated heterocycles. The number of rotatable bonds is 3. The number of nitrogens with zero attached hydrogens (tertiary/aromatic N) is 2. The van der Waals surface area contributed by atoms with Gasteiger partial charge < -0.3 is 10.3 Å². The van der Waals surface area contributed by atoms with Crippen molar-refractivity contribution in [3.63, 3.8) is 0 Å². The van der Waals surface area contributed by atoms with E-state index in [0.29, 0.717) is 18.3 Å². The SMILES string of the molecule is Cl.NCc1ccc(-c2noc(C3CCCCCC3)n2)cc1. The second kappa shape index (κ2) is 7.57. The van der Waals surface area contributed by atoms with Crippen LogP contribution in [0.2, 0.25) is 0 Å². The maximum absolute atomic E-state index is 5.61. The van der Waals surface area contributed by atoms with Crippen LogP contribution in [-0.4, -0.2) is 10.1 Å². The molecule has 21 heavy (non-hydrogen) atoms. The third-order valence-corrected chi connectivity index (χ3v) is 4.09. The predicted molar refractivity (Wildman–Crippen MR) is 85.3 cm³/mol. The predicted octanol–water partition coefficient (Wildman–Crippen LogP) is 4.05. The maximum Gasteiger partial charge on any atom is 0.230 e. The number of benzene rings is 1. The van der Waals surface area contributed by atoms with Gasteiger partial charge in [-0.05, 0) is 18.4 Å². The van der Waals surface area contributed by atoms with Crippen molar-refractivity contribution in [1.82, 2.24) is 10.1 Å². The Morgan fingerprint density at radius 2 is 1.71 bits per heavy atom. The zero-order valence-corrected chi connectivity index (χ0v) is 12.9. The molecule has 0 atom stereocenters. The summed E-state index contributed by atoms with van der Waals surface area (Å²) in [4.78, 5) is 4.59. The van der Waals surface area contributed by atoms with E-state index in [9.17, 15) is 0 Å². The first-order valence-corrected chi connectivity index (χ1v) is 7.50. The molecule has 4 nitrogen and oxygen atoms in total. The Morgan fingerprint density at radius 3 is 2.33 bits per heavy atom. The summed E-state index contributed by atoms with van der Waals surface area (Å²) in [6.45, 7) is 0.555. The highest BCUT2D eigenvalue weighted by molar-refractivity contribution is 5.85. The van der Waals surface area contributed by atoms with Gasteiger partial charge in [-0.1, -0.05) is 55.1 Å². The quantitative estimate of drug-likeness (QED) is 0.869. The van der Waals surface area contributed by atoms with E-state index in [-0.39, 0.29) is 12.4 Å². The number of aromatic nitrogens is 2. The van der Waals surface area contributed by atoms with E-state index >= 15 is 0 Å². The van der Waals surface area contributed by atoms with E-state index in [4.69, 9.17) is 10.3 Å². The highest BCUT2D eigenvalue weighted by Crippen LogP contribution is 2.31. The van der Waals surface area contributed by atoms with Gasteiger partial charge in [0.05, 0.1) is 0 Å². The highest BCUT2D eigenvalue weighted by Gasteiger charge is 2.20. The first-order valence-electron chi connectivity index (χ1n) is 7.50. The maximum atomic E-state index is 5.61.